The molecular weight excluding hydrogens is 360 g/mol. The number of carbonyl (C=O) groups excluding carboxylic acids is 2. The highest BCUT2D eigenvalue weighted by Gasteiger charge is 2.45. The lowest BCUT2D eigenvalue weighted by Gasteiger charge is -2.20. The number of hydrogen-bond acceptors (Lipinski definition) is 7. The largest absolute Gasteiger partial charge is 0.461 e. The summed E-state index contributed by atoms with van der Waals surface area (Å²) in [5, 5.41) is 0. The van der Waals surface area contributed by atoms with Crippen molar-refractivity contribution >= 4 is 17.8 Å². The first-order chi connectivity index (χ1) is 13.6. The lowest BCUT2D eigenvalue weighted by molar-refractivity contribution is 0.0509. The molecule has 2 aromatic rings. The van der Waals surface area contributed by atoms with E-state index in [-0.39, 0.29) is 12.3 Å². The topological polar surface area (TPSA) is 86.6 Å². The Balaban J connectivity index is 1.56. The van der Waals surface area contributed by atoms with Crippen molar-refractivity contribution < 1.29 is 19.1 Å². The molecule has 0 radical (unpaired) electrons. The molecule has 148 valence electrons. The summed E-state index contributed by atoms with van der Waals surface area (Å²) in [4.78, 5) is 35.2. The third-order valence-corrected chi connectivity index (χ3v) is 5.21. The van der Waals surface area contributed by atoms with Gasteiger partial charge in [0, 0.05) is 24.8 Å². The van der Waals surface area contributed by atoms with Crippen LogP contribution < -0.4 is 4.90 Å². The Bertz CT molecular complexity index is 884. The molecule has 1 saturated carbocycles. The molecule has 4 rings (SSSR count). The predicted molar refractivity (Wildman–Crippen MR) is 101 cm³/mol. The molecule has 2 aliphatic rings. The Kier molecular flexibility index (Phi) is 5.02. The Morgan fingerprint density at radius 1 is 1.11 bits per heavy atom. The van der Waals surface area contributed by atoms with Crippen LogP contribution in [0.3, 0.4) is 0 Å². The lowest BCUT2D eigenvalue weighted by Crippen LogP contribution is -2.24. The van der Waals surface area contributed by atoms with Crippen LogP contribution in [0.4, 0.5) is 5.82 Å². The summed E-state index contributed by atoms with van der Waals surface area (Å²) in [6.45, 7) is 6.47. The fourth-order valence-corrected chi connectivity index (χ4v) is 3.70. The van der Waals surface area contributed by atoms with Crippen LogP contribution in [0.1, 0.15) is 46.8 Å². The lowest BCUT2D eigenvalue weighted by atomic mass is 10.1. The molecule has 0 bridgehead atoms. The Morgan fingerprint density at radius 2 is 1.82 bits per heavy atom. The van der Waals surface area contributed by atoms with Crippen LogP contribution in [0, 0.1) is 11.8 Å². The second kappa shape index (κ2) is 7.61. The molecular formula is C20H24N4O4. The summed E-state index contributed by atoms with van der Waals surface area (Å²) >= 11 is 0. The summed E-state index contributed by atoms with van der Waals surface area (Å²) in [5.74, 6) is 1.47. The number of piperidine rings is 1. The monoisotopic (exact) mass is 384 g/mol. The Morgan fingerprint density at radius 3 is 2.54 bits per heavy atom. The number of carbonyl (C=O) groups is 2. The summed E-state index contributed by atoms with van der Waals surface area (Å²) in [5.41, 5.74) is 1.27. The van der Waals surface area contributed by atoms with Gasteiger partial charge in [0.15, 0.2) is 11.4 Å². The Labute approximate surface area is 163 Å². The first-order valence-corrected chi connectivity index (χ1v) is 9.70. The average Bonchev–Trinajstić information content (AvgIpc) is 3.06. The molecule has 8 nitrogen and oxygen atoms in total. The van der Waals surface area contributed by atoms with E-state index in [1.807, 2.05) is 12.1 Å². The molecule has 0 aromatic carbocycles. The van der Waals surface area contributed by atoms with Crippen molar-refractivity contribution in [3.05, 3.63) is 41.6 Å². The fourth-order valence-electron chi connectivity index (χ4n) is 3.70. The smallest absolute Gasteiger partial charge is 0.358 e. The molecule has 1 saturated heterocycles. The third kappa shape index (κ3) is 3.72. The van der Waals surface area contributed by atoms with Gasteiger partial charge in [-0.25, -0.2) is 19.6 Å². The van der Waals surface area contributed by atoms with Gasteiger partial charge in [0.25, 0.3) is 0 Å². The fraction of sp³-hybridized carbons (Fsp3) is 0.500. The standard InChI is InChI=1S/C20H24N4O4/c1-3-27-19(25)16-11-23(12-21-16)8-13-5-6-17(22-18(13)20(26)28-4-2)24-9-14-7-15(14)10-24/h5-6,11-12,14-15H,3-4,7-10H2,1-2H3. The van der Waals surface area contributed by atoms with Gasteiger partial charge in [0.1, 0.15) is 5.82 Å². The number of pyridine rings is 1. The van der Waals surface area contributed by atoms with Gasteiger partial charge in [-0.3, -0.25) is 0 Å². The normalized spacial score (nSPS) is 20.0. The number of anilines is 1. The number of hydrogen-bond donors (Lipinski definition) is 0. The van der Waals surface area contributed by atoms with Crippen molar-refractivity contribution in [2.24, 2.45) is 11.8 Å². The average molecular weight is 384 g/mol. The van der Waals surface area contributed by atoms with Crippen LogP contribution in [-0.4, -0.2) is 52.8 Å². The minimum Gasteiger partial charge on any atom is -0.461 e. The Hall–Kier alpha value is -2.90. The zero-order chi connectivity index (χ0) is 19.7. The number of rotatable bonds is 7. The summed E-state index contributed by atoms with van der Waals surface area (Å²) in [7, 11) is 0. The van der Waals surface area contributed by atoms with Gasteiger partial charge in [-0.15, -0.1) is 0 Å². The van der Waals surface area contributed by atoms with E-state index in [9.17, 15) is 9.59 Å². The highest BCUT2D eigenvalue weighted by molar-refractivity contribution is 5.89. The maximum atomic E-state index is 12.5. The van der Waals surface area contributed by atoms with Crippen LogP contribution in [-0.2, 0) is 16.0 Å². The van der Waals surface area contributed by atoms with Crippen molar-refractivity contribution in [3.63, 3.8) is 0 Å². The number of imidazole rings is 1. The van der Waals surface area contributed by atoms with Gasteiger partial charge < -0.3 is 18.9 Å². The number of ether oxygens (including phenoxy) is 2. The first kappa shape index (κ1) is 18.5. The van der Waals surface area contributed by atoms with Gasteiger partial charge in [-0.1, -0.05) is 6.07 Å². The van der Waals surface area contributed by atoms with Crippen molar-refractivity contribution in [1.29, 1.82) is 0 Å². The van der Waals surface area contributed by atoms with Crippen molar-refractivity contribution in [3.8, 4) is 0 Å². The van der Waals surface area contributed by atoms with Crippen LogP contribution >= 0.6 is 0 Å². The molecule has 8 heteroatoms. The molecule has 1 aliphatic heterocycles. The quantitative estimate of drug-likeness (QED) is 0.676. The molecule has 0 amide bonds. The van der Waals surface area contributed by atoms with Crippen LogP contribution in [0.2, 0.25) is 0 Å². The van der Waals surface area contributed by atoms with Gasteiger partial charge in [0.2, 0.25) is 0 Å². The zero-order valence-corrected chi connectivity index (χ0v) is 16.1. The van der Waals surface area contributed by atoms with Crippen molar-refractivity contribution in [1.82, 2.24) is 14.5 Å². The summed E-state index contributed by atoms with van der Waals surface area (Å²) in [6, 6.07) is 3.86. The second-order valence-electron chi connectivity index (χ2n) is 7.21. The van der Waals surface area contributed by atoms with E-state index in [0.717, 1.165) is 36.3 Å². The molecule has 0 spiro atoms. The van der Waals surface area contributed by atoms with E-state index in [4.69, 9.17) is 9.47 Å². The first-order valence-electron chi connectivity index (χ1n) is 9.70. The maximum absolute atomic E-state index is 12.5. The molecule has 1 aliphatic carbocycles. The SMILES string of the molecule is CCOC(=O)c1cn(Cc2ccc(N3CC4CC4C3)nc2C(=O)OCC)cn1. The van der Waals surface area contributed by atoms with Crippen molar-refractivity contribution in [2.45, 2.75) is 26.8 Å². The van der Waals surface area contributed by atoms with Crippen LogP contribution in [0.15, 0.2) is 24.7 Å². The van der Waals surface area contributed by atoms with Crippen molar-refractivity contribution in [2.75, 3.05) is 31.2 Å². The highest BCUT2D eigenvalue weighted by Crippen LogP contribution is 2.46. The molecule has 2 unspecified atom stereocenters. The molecule has 3 heterocycles. The maximum Gasteiger partial charge on any atom is 0.358 e. The second-order valence-corrected chi connectivity index (χ2v) is 7.21. The predicted octanol–water partition coefficient (Wildman–Crippen LogP) is 2.14. The van der Waals surface area contributed by atoms with Gasteiger partial charge in [-0.05, 0) is 38.2 Å². The van der Waals surface area contributed by atoms with Gasteiger partial charge in [-0.2, -0.15) is 0 Å². The zero-order valence-electron chi connectivity index (χ0n) is 16.1. The molecule has 2 atom stereocenters. The number of esters is 2. The van der Waals surface area contributed by atoms with E-state index in [2.05, 4.69) is 14.9 Å². The van der Waals surface area contributed by atoms with Gasteiger partial charge in [0.05, 0.1) is 26.1 Å². The minimum atomic E-state index is -0.465. The van der Waals surface area contributed by atoms with E-state index >= 15 is 0 Å². The number of aromatic nitrogens is 3. The molecule has 2 aromatic heterocycles. The van der Waals surface area contributed by atoms with E-state index in [1.165, 1.54) is 6.42 Å². The van der Waals surface area contributed by atoms with Crippen LogP contribution in [0.25, 0.3) is 0 Å². The van der Waals surface area contributed by atoms with Crippen LogP contribution in [0.5, 0.6) is 0 Å². The molecule has 0 N–H and O–H groups in total. The third-order valence-electron chi connectivity index (χ3n) is 5.21. The summed E-state index contributed by atoms with van der Waals surface area (Å²) in [6.07, 6.45) is 4.46. The van der Waals surface area contributed by atoms with E-state index < -0.39 is 11.9 Å². The van der Waals surface area contributed by atoms with E-state index in [0.29, 0.717) is 18.8 Å². The number of fused-ring (bicyclic) bond motifs is 1. The highest BCUT2D eigenvalue weighted by atomic mass is 16.5. The minimum absolute atomic E-state index is 0.236. The molecule has 2 fully saturated rings. The van der Waals surface area contributed by atoms with Gasteiger partial charge >= 0.3 is 11.9 Å². The number of nitrogens with zero attached hydrogens (tertiary/aromatic N) is 4. The van der Waals surface area contributed by atoms with E-state index in [1.54, 1.807) is 30.9 Å². The summed E-state index contributed by atoms with van der Waals surface area (Å²) < 4.78 is 11.9. The molecule has 28 heavy (non-hydrogen) atoms.